The van der Waals surface area contributed by atoms with Crippen LogP contribution in [0.2, 0.25) is 0 Å². The zero-order chi connectivity index (χ0) is 29.6. The van der Waals surface area contributed by atoms with E-state index in [1.54, 1.807) is 13.0 Å². The smallest absolute Gasteiger partial charge is 0.291 e. The summed E-state index contributed by atoms with van der Waals surface area (Å²) >= 11 is 0. The Kier molecular flexibility index (Phi) is 10.0. The fraction of sp³-hybridized carbons (Fsp3) is 0.429. The molecule has 1 aromatic carbocycles. The monoisotopic (exact) mass is 573 g/mol. The molecule has 0 spiro atoms. The van der Waals surface area contributed by atoms with Gasteiger partial charge in [0.1, 0.15) is 5.75 Å². The number of rotatable bonds is 12. The summed E-state index contributed by atoms with van der Waals surface area (Å²) < 4.78 is 22.6. The molecule has 12 heteroatoms. The lowest BCUT2D eigenvalue weighted by molar-refractivity contribution is -0.118. The number of aromatic nitrogens is 2. The molecule has 218 valence electrons. The molecule has 0 fully saturated rings. The molecule has 0 saturated carbocycles. The standard InChI is InChI=1S/C28H39N5O6S/c1-10-22(34)33(16-15-32(3)4)28-30-26(36-5)24(27(31-28)37-6)29-25(35)20-13-14-23(38-20)39-21-17-19(40(7,8)9)12-11-18(21)2/h11-14,17H,10,15-16H2,1-9H3,(H,29,35). The molecular weight excluding hydrogens is 534 g/mol. The molecule has 1 N–H and O–H groups in total. The maximum Gasteiger partial charge on any atom is 0.291 e. The second-order valence-electron chi connectivity index (χ2n) is 10.1. The summed E-state index contributed by atoms with van der Waals surface area (Å²) in [5.41, 5.74) is 1.05. The number of hydrogen-bond acceptors (Lipinski definition) is 9. The third-order valence-corrected chi connectivity index (χ3v) is 7.62. The lowest BCUT2D eigenvalue weighted by Gasteiger charge is -2.26. The molecule has 40 heavy (non-hydrogen) atoms. The van der Waals surface area contributed by atoms with Crippen molar-refractivity contribution in [2.24, 2.45) is 0 Å². The molecule has 0 aliphatic carbocycles. The van der Waals surface area contributed by atoms with Crippen LogP contribution in [0.1, 0.15) is 29.5 Å². The highest BCUT2D eigenvalue weighted by molar-refractivity contribution is 8.32. The summed E-state index contributed by atoms with van der Waals surface area (Å²) in [7, 11) is 5.68. The molecule has 0 bridgehead atoms. The summed E-state index contributed by atoms with van der Waals surface area (Å²) in [5.74, 6) is 0.291. The minimum absolute atomic E-state index is 0.00667. The summed E-state index contributed by atoms with van der Waals surface area (Å²) in [6.45, 7) is 4.68. The lowest BCUT2D eigenvalue weighted by atomic mass is 10.2. The van der Waals surface area contributed by atoms with Crippen molar-refractivity contribution in [3.63, 3.8) is 0 Å². The van der Waals surface area contributed by atoms with E-state index in [9.17, 15) is 9.59 Å². The molecule has 2 aromatic heterocycles. The molecular formula is C28H39N5O6S. The van der Waals surface area contributed by atoms with Crippen LogP contribution in [-0.4, -0.2) is 86.9 Å². The van der Waals surface area contributed by atoms with Crippen molar-refractivity contribution in [3.05, 3.63) is 41.7 Å². The average molecular weight is 574 g/mol. The van der Waals surface area contributed by atoms with Gasteiger partial charge in [-0.15, -0.1) is 0 Å². The quantitative estimate of drug-likeness (QED) is 0.326. The molecule has 0 aliphatic rings. The Hall–Kier alpha value is -3.77. The molecule has 2 heterocycles. The van der Waals surface area contributed by atoms with Crippen molar-refractivity contribution in [3.8, 4) is 23.5 Å². The van der Waals surface area contributed by atoms with E-state index < -0.39 is 15.9 Å². The number of methoxy groups -OCH3 is 2. The Morgan fingerprint density at radius 3 is 2.20 bits per heavy atom. The highest BCUT2D eigenvalue weighted by atomic mass is 32.3. The second kappa shape index (κ2) is 13.1. The van der Waals surface area contributed by atoms with Crippen molar-refractivity contribution in [1.29, 1.82) is 0 Å². The third-order valence-electron chi connectivity index (χ3n) is 5.95. The number of carbonyl (C=O) groups excluding carboxylic acids is 2. The van der Waals surface area contributed by atoms with Crippen LogP contribution in [0.15, 0.2) is 39.6 Å². The van der Waals surface area contributed by atoms with E-state index in [4.69, 9.17) is 18.6 Å². The van der Waals surface area contributed by atoms with Crippen LogP contribution in [0.3, 0.4) is 0 Å². The predicted octanol–water partition coefficient (Wildman–Crippen LogP) is 4.80. The van der Waals surface area contributed by atoms with Crippen molar-refractivity contribution in [2.45, 2.75) is 25.2 Å². The number of furan rings is 1. The largest absolute Gasteiger partial charge is 0.479 e. The highest BCUT2D eigenvalue weighted by Gasteiger charge is 2.25. The second-order valence-corrected chi connectivity index (χ2v) is 14.2. The molecule has 0 aliphatic heterocycles. The number of hydrogen-bond donors (Lipinski definition) is 1. The number of aryl methyl sites for hydroxylation is 1. The zero-order valence-electron chi connectivity index (χ0n) is 24.7. The highest BCUT2D eigenvalue weighted by Crippen LogP contribution is 2.47. The van der Waals surface area contributed by atoms with Gasteiger partial charge in [-0.25, -0.2) is 10.0 Å². The van der Waals surface area contributed by atoms with Crippen LogP contribution in [0.25, 0.3) is 0 Å². The Labute approximate surface area is 237 Å². The van der Waals surface area contributed by atoms with Gasteiger partial charge in [0, 0.05) is 25.6 Å². The number of benzene rings is 1. The number of ether oxygens (including phenoxy) is 3. The number of carbonyl (C=O) groups is 2. The van der Waals surface area contributed by atoms with Crippen molar-refractivity contribution in [2.75, 3.05) is 70.4 Å². The number of nitrogens with zero attached hydrogens (tertiary/aromatic N) is 4. The van der Waals surface area contributed by atoms with Crippen molar-refractivity contribution >= 4 is 33.5 Å². The molecule has 0 atom stereocenters. The molecule has 3 rings (SSSR count). The van der Waals surface area contributed by atoms with Crippen molar-refractivity contribution in [1.82, 2.24) is 14.9 Å². The first-order chi connectivity index (χ1) is 18.9. The van der Waals surface area contributed by atoms with Gasteiger partial charge >= 0.3 is 0 Å². The van der Waals surface area contributed by atoms with Gasteiger partial charge in [-0.3, -0.25) is 14.5 Å². The summed E-state index contributed by atoms with van der Waals surface area (Å²) in [4.78, 5) is 39.2. The zero-order valence-corrected chi connectivity index (χ0v) is 25.5. The maximum atomic E-state index is 13.1. The third kappa shape index (κ3) is 7.45. The molecule has 2 amide bonds. The van der Waals surface area contributed by atoms with Gasteiger partial charge < -0.3 is 28.8 Å². The van der Waals surface area contributed by atoms with Crippen LogP contribution in [0, 0.1) is 6.92 Å². The van der Waals surface area contributed by atoms with Gasteiger partial charge in [-0.05, 0) is 68.4 Å². The van der Waals surface area contributed by atoms with Gasteiger partial charge in [-0.1, -0.05) is 13.0 Å². The fourth-order valence-corrected chi connectivity index (χ4v) is 4.55. The van der Waals surface area contributed by atoms with Gasteiger partial charge in [0.2, 0.25) is 23.6 Å². The first-order valence-corrected chi connectivity index (χ1v) is 15.6. The normalized spacial score (nSPS) is 11.8. The van der Waals surface area contributed by atoms with Gasteiger partial charge in [0.15, 0.2) is 11.4 Å². The number of anilines is 2. The minimum atomic E-state index is -0.947. The van der Waals surface area contributed by atoms with E-state index in [2.05, 4.69) is 40.1 Å². The van der Waals surface area contributed by atoms with Crippen LogP contribution in [0.5, 0.6) is 23.5 Å². The summed E-state index contributed by atoms with van der Waals surface area (Å²) in [6.07, 6.45) is 6.89. The summed E-state index contributed by atoms with van der Waals surface area (Å²) in [5, 5.41) is 2.70. The van der Waals surface area contributed by atoms with E-state index in [0.29, 0.717) is 18.8 Å². The molecule has 11 nitrogen and oxygen atoms in total. The first kappa shape index (κ1) is 30.8. The van der Waals surface area contributed by atoms with Crippen LogP contribution in [-0.2, 0) is 4.79 Å². The van der Waals surface area contributed by atoms with E-state index in [1.165, 1.54) is 30.1 Å². The number of likely N-dealkylation sites (N-methyl/N-ethyl adjacent to an activating group) is 1. The van der Waals surface area contributed by atoms with Crippen LogP contribution >= 0.6 is 10.0 Å². The topological polar surface area (TPSA) is 119 Å². The fourth-order valence-electron chi connectivity index (χ4n) is 3.61. The molecule has 0 saturated heterocycles. The Morgan fingerprint density at radius 2 is 1.65 bits per heavy atom. The lowest BCUT2D eigenvalue weighted by Crippen LogP contribution is -2.37. The Balaban J connectivity index is 1.86. The van der Waals surface area contributed by atoms with Gasteiger partial charge in [0.25, 0.3) is 11.9 Å². The molecule has 0 unspecified atom stereocenters. The van der Waals surface area contributed by atoms with E-state index in [-0.39, 0.29) is 47.4 Å². The van der Waals surface area contributed by atoms with E-state index >= 15 is 0 Å². The Bertz CT molecular complexity index is 1330. The first-order valence-electron chi connectivity index (χ1n) is 12.7. The molecule has 3 aromatic rings. The molecule has 0 radical (unpaired) electrons. The minimum Gasteiger partial charge on any atom is -0.479 e. The van der Waals surface area contributed by atoms with E-state index in [1.807, 2.05) is 38.1 Å². The van der Waals surface area contributed by atoms with Crippen LogP contribution in [0.4, 0.5) is 11.6 Å². The maximum absolute atomic E-state index is 13.1. The number of amides is 2. The SMILES string of the molecule is CCC(=O)N(CCN(C)C)c1nc(OC)c(NC(=O)c2ccc(Oc3cc(S(C)(C)C)ccc3C)o2)c(OC)n1. The predicted molar refractivity (Wildman–Crippen MR) is 158 cm³/mol. The van der Waals surface area contributed by atoms with E-state index in [0.717, 1.165) is 5.56 Å². The van der Waals surface area contributed by atoms with Crippen molar-refractivity contribution < 1.29 is 28.2 Å². The Morgan fingerprint density at radius 1 is 1.00 bits per heavy atom. The summed E-state index contributed by atoms with van der Waals surface area (Å²) in [6, 6.07) is 9.21. The van der Waals surface area contributed by atoms with Crippen LogP contribution < -0.4 is 24.4 Å². The van der Waals surface area contributed by atoms with Gasteiger partial charge in [0.05, 0.1) is 14.2 Å². The van der Waals surface area contributed by atoms with Gasteiger partial charge in [-0.2, -0.15) is 9.97 Å². The number of nitrogens with one attached hydrogen (secondary N) is 1. The average Bonchev–Trinajstić information content (AvgIpc) is 3.38.